The van der Waals surface area contributed by atoms with Gasteiger partial charge in [-0.05, 0) is 20.3 Å². The van der Waals surface area contributed by atoms with Gasteiger partial charge in [0, 0.05) is 24.0 Å². The molecule has 0 aliphatic heterocycles. The smallest absolute Gasteiger partial charge is 0.164 e. The normalized spacial score (nSPS) is 10.9. The first-order valence-electron chi connectivity index (χ1n) is 6.03. The number of aryl methyl sites for hydroxylation is 1. The summed E-state index contributed by atoms with van der Waals surface area (Å²) in [7, 11) is 0. The molecule has 2 aromatic rings. The minimum atomic E-state index is 0.320. The molecule has 96 valence electrons. The summed E-state index contributed by atoms with van der Waals surface area (Å²) >= 11 is 0. The average molecular weight is 246 g/mol. The highest BCUT2D eigenvalue weighted by Crippen LogP contribution is 2.18. The number of hydrogen-bond donors (Lipinski definition) is 2. The first kappa shape index (κ1) is 12.5. The van der Waals surface area contributed by atoms with Gasteiger partial charge in [-0.3, -0.25) is 4.68 Å². The molecule has 6 nitrogen and oxygen atoms in total. The van der Waals surface area contributed by atoms with Crippen LogP contribution in [0.5, 0.6) is 0 Å². The predicted octanol–water partition coefficient (Wildman–Crippen LogP) is 1.77. The Balaban J connectivity index is 2.42. The molecule has 2 heterocycles. The van der Waals surface area contributed by atoms with E-state index < -0.39 is 0 Å². The fraction of sp³-hybridized carbons (Fsp3) is 0.417. The molecular weight excluding hydrogens is 228 g/mol. The number of nitrogens with two attached hydrogens (primary N) is 1. The maximum absolute atomic E-state index is 5.41. The van der Waals surface area contributed by atoms with E-state index in [0.717, 1.165) is 17.7 Å². The molecular formula is C12H18N6. The molecule has 0 saturated carbocycles. The van der Waals surface area contributed by atoms with Crippen LogP contribution in [0.4, 0.5) is 5.82 Å². The van der Waals surface area contributed by atoms with Gasteiger partial charge in [-0.25, -0.2) is 15.8 Å². The highest BCUT2D eigenvalue weighted by atomic mass is 15.3. The van der Waals surface area contributed by atoms with Crippen molar-refractivity contribution >= 4 is 5.82 Å². The molecule has 0 unspecified atom stereocenters. The molecule has 0 fully saturated rings. The summed E-state index contributed by atoms with van der Waals surface area (Å²) in [5, 5.41) is 4.29. The van der Waals surface area contributed by atoms with Crippen LogP contribution in [-0.2, 0) is 6.42 Å². The lowest BCUT2D eigenvalue weighted by molar-refractivity contribution is 0.532. The number of hydrogen-bond acceptors (Lipinski definition) is 5. The Kier molecular flexibility index (Phi) is 3.57. The van der Waals surface area contributed by atoms with Gasteiger partial charge in [0.25, 0.3) is 0 Å². The van der Waals surface area contributed by atoms with Gasteiger partial charge in [0.15, 0.2) is 5.82 Å². The van der Waals surface area contributed by atoms with Gasteiger partial charge in [-0.2, -0.15) is 5.10 Å². The minimum Gasteiger partial charge on any atom is -0.308 e. The van der Waals surface area contributed by atoms with Crippen LogP contribution in [-0.4, -0.2) is 19.7 Å². The molecule has 0 amide bonds. The number of aromatic nitrogens is 4. The first-order chi connectivity index (χ1) is 8.63. The van der Waals surface area contributed by atoms with Gasteiger partial charge in [-0.1, -0.05) is 6.92 Å². The third-order valence-electron chi connectivity index (χ3n) is 2.68. The van der Waals surface area contributed by atoms with Crippen LogP contribution in [0.2, 0.25) is 0 Å². The van der Waals surface area contributed by atoms with E-state index in [4.69, 9.17) is 5.84 Å². The molecule has 0 bridgehead atoms. The molecule has 0 saturated heterocycles. The van der Waals surface area contributed by atoms with Crippen LogP contribution in [0.1, 0.15) is 32.5 Å². The molecule has 0 aliphatic rings. The topological polar surface area (TPSA) is 81.6 Å². The summed E-state index contributed by atoms with van der Waals surface area (Å²) in [6, 6.07) is 2.16. The van der Waals surface area contributed by atoms with E-state index in [-0.39, 0.29) is 0 Å². The van der Waals surface area contributed by atoms with E-state index in [0.29, 0.717) is 17.7 Å². The van der Waals surface area contributed by atoms with E-state index in [1.165, 1.54) is 0 Å². The fourth-order valence-corrected chi connectivity index (χ4v) is 1.62. The van der Waals surface area contributed by atoms with Crippen molar-refractivity contribution in [1.82, 2.24) is 19.7 Å². The Bertz CT molecular complexity index is 509. The van der Waals surface area contributed by atoms with Crippen molar-refractivity contribution in [2.45, 2.75) is 33.2 Å². The van der Waals surface area contributed by atoms with Crippen molar-refractivity contribution in [2.75, 3.05) is 5.43 Å². The second kappa shape index (κ2) is 5.14. The van der Waals surface area contributed by atoms with Gasteiger partial charge in [0.05, 0.1) is 11.8 Å². The number of nitrogens with one attached hydrogen (secondary N) is 1. The summed E-state index contributed by atoms with van der Waals surface area (Å²) in [6.45, 7) is 6.20. The summed E-state index contributed by atoms with van der Waals surface area (Å²) < 4.78 is 1.88. The number of nitrogens with zero attached hydrogens (tertiary/aromatic N) is 4. The summed E-state index contributed by atoms with van der Waals surface area (Å²) in [4.78, 5) is 8.82. The van der Waals surface area contributed by atoms with Crippen LogP contribution < -0.4 is 11.3 Å². The largest absolute Gasteiger partial charge is 0.308 e. The highest BCUT2D eigenvalue weighted by molar-refractivity contribution is 5.55. The minimum absolute atomic E-state index is 0.320. The molecule has 18 heavy (non-hydrogen) atoms. The first-order valence-corrected chi connectivity index (χ1v) is 6.03. The quantitative estimate of drug-likeness (QED) is 0.634. The monoisotopic (exact) mass is 246 g/mol. The lowest BCUT2D eigenvalue weighted by Crippen LogP contribution is -2.10. The van der Waals surface area contributed by atoms with Crippen LogP contribution in [0, 0.1) is 0 Å². The maximum atomic E-state index is 5.41. The van der Waals surface area contributed by atoms with Crippen molar-refractivity contribution in [2.24, 2.45) is 5.84 Å². The molecule has 2 aromatic heterocycles. The molecule has 0 spiro atoms. The van der Waals surface area contributed by atoms with E-state index in [2.05, 4.69) is 34.3 Å². The lowest BCUT2D eigenvalue weighted by Gasteiger charge is -2.05. The Labute approximate surface area is 106 Å². The molecule has 0 aromatic carbocycles. The van der Waals surface area contributed by atoms with Crippen LogP contribution in [0.15, 0.2) is 18.5 Å². The Morgan fingerprint density at radius 3 is 2.72 bits per heavy atom. The molecule has 3 N–H and O–H groups in total. The van der Waals surface area contributed by atoms with Crippen molar-refractivity contribution in [3.05, 3.63) is 24.2 Å². The second-order valence-corrected chi connectivity index (χ2v) is 4.37. The zero-order valence-electron chi connectivity index (χ0n) is 10.9. The zero-order valence-corrected chi connectivity index (χ0v) is 10.9. The van der Waals surface area contributed by atoms with Crippen LogP contribution in [0.3, 0.4) is 0 Å². The molecule has 0 aliphatic carbocycles. The SMILES string of the molecule is CCc1cc(NN)nc(-c2cnn(C(C)C)c2)n1. The third-order valence-corrected chi connectivity index (χ3v) is 2.68. The molecule has 6 heteroatoms. The van der Waals surface area contributed by atoms with E-state index in [9.17, 15) is 0 Å². The number of nitrogen functional groups attached to an aromatic ring is 1. The van der Waals surface area contributed by atoms with Gasteiger partial charge in [0.2, 0.25) is 0 Å². The zero-order chi connectivity index (χ0) is 13.1. The number of rotatable bonds is 4. The van der Waals surface area contributed by atoms with Crippen molar-refractivity contribution in [1.29, 1.82) is 0 Å². The molecule has 2 rings (SSSR count). The van der Waals surface area contributed by atoms with Crippen molar-refractivity contribution in [3.63, 3.8) is 0 Å². The van der Waals surface area contributed by atoms with Crippen molar-refractivity contribution in [3.8, 4) is 11.4 Å². The lowest BCUT2D eigenvalue weighted by atomic mass is 10.2. The van der Waals surface area contributed by atoms with E-state index in [1.54, 1.807) is 6.20 Å². The standard InChI is InChI=1S/C12H18N6/c1-4-10-5-11(17-13)16-12(15-10)9-6-14-18(7-9)8(2)3/h5-8H,4,13H2,1-3H3,(H,15,16,17). The second-order valence-electron chi connectivity index (χ2n) is 4.37. The summed E-state index contributed by atoms with van der Waals surface area (Å²) in [5.41, 5.74) is 4.41. The maximum Gasteiger partial charge on any atom is 0.164 e. The van der Waals surface area contributed by atoms with Gasteiger partial charge < -0.3 is 5.43 Å². The molecule has 0 radical (unpaired) electrons. The fourth-order valence-electron chi connectivity index (χ4n) is 1.62. The van der Waals surface area contributed by atoms with Crippen molar-refractivity contribution < 1.29 is 0 Å². The van der Waals surface area contributed by atoms with Gasteiger partial charge in [0.1, 0.15) is 5.82 Å². The Morgan fingerprint density at radius 1 is 1.39 bits per heavy atom. The van der Waals surface area contributed by atoms with E-state index >= 15 is 0 Å². The predicted molar refractivity (Wildman–Crippen MR) is 70.8 cm³/mol. The molecule has 0 atom stereocenters. The van der Waals surface area contributed by atoms with Crippen LogP contribution in [0.25, 0.3) is 11.4 Å². The van der Waals surface area contributed by atoms with Gasteiger partial charge >= 0.3 is 0 Å². The van der Waals surface area contributed by atoms with Gasteiger partial charge in [-0.15, -0.1) is 0 Å². The average Bonchev–Trinajstić information content (AvgIpc) is 2.87. The Morgan fingerprint density at radius 2 is 2.17 bits per heavy atom. The number of anilines is 1. The third kappa shape index (κ3) is 2.48. The highest BCUT2D eigenvalue weighted by Gasteiger charge is 2.09. The summed E-state index contributed by atoms with van der Waals surface area (Å²) in [5.74, 6) is 6.68. The van der Waals surface area contributed by atoms with E-state index in [1.807, 2.05) is 23.9 Å². The number of hydrazine groups is 1. The summed E-state index contributed by atoms with van der Waals surface area (Å²) in [6.07, 6.45) is 4.55. The Hall–Kier alpha value is -1.95. The van der Waals surface area contributed by atoms with Crippen LogP contribution >= 0.6 is 0 Å².